The van der Waals surface area contributed by atoms with E-state index >= 15 is 0 Å². The van der Waals surface area contributed by atoms with Gasteiger partial charge in [-0.1, -0.05) is 69.1 Å². The highest BCUT2D eigenvalue weighted by Gasteiger charge is 1.91. The van der Waals surface area contributed by atoms with E-state index in [1.54, 1.807) is 6.08 Å². The van der Waals surface area contributed by atoms with Crippen molar-refractivity contribution in [2.24, 2.45) is 0 Å². The molecule has 0 bridgehead atoms. The second-order valence-electron chi connectivity index (χ2n) is 5.70. The van der Waals surface area contributed by atoms with Gasteiger partial charge >= 0.3 is 5.97 Å². The Morgan fingerprint density at radius 1 is 0.682 bits per heavy atom. The molecule has 0 aliphatic rings. The number of aliphatic carboxylic acids is 1. The highest BCUT2D eigenvalue weighted by molar-refractivity contribution is 5.68. The summed E-state index contributed by atoms with van der Waals surface area (Å²) in [5.41, 5.74) is 0. The fourth-order valence-electron chi connectivity index (χ4n) is 2.25. The number of carboxylic acid groups (broad SMARTS) is 1. The lowest BCUT2D eigenvalue weighted by Crippen LogP contribution is -1.89. The van der Waals surface area contributed by atoms with Crippen LogP contribution in [0, 0.1) is 0 Å². The van der Waals surface area contributed by atoms with Crippen molar-refractivity contribution in [2.45, 2.75) is 84.0 Å². The minimum Gasteiger partial charge on any atom is -0.481 e. The lowest BCUT2D eigenvalue weighted by atomic mass is 10.1. The Labute approximate surface area is 137 Å². The molecule has 0 amide bonds. The zero-order valence-corrected chi connectivity index (χ0v) is 14.3. The monoisotopic (exact) mass is 306 g/mol. The summed E-state index contributed by atoms with van der Waals surface area (Å²) in [5, 5.41) is 8.48. The van der Waals surface area contributed by atoms with Crippen LogP contribution in [0.1, 0.15) is 84.0 Å². The van der Waals surface area contributed by atoms with Crippen LogP contribution in [0.3, 0.4) is 0 Å². The SMILES string of the molecule is CC/C=C/CC/C=C/CCCCCCCC/C=C/CC(=O)O. The summed E-state index contributed by atoms with van der Waals surface area (Å²) in [6, 6.07) is 0. The minimum absolute atomic E-state index is 0.155. The summed E-state index contributed by atoms with van der Waals surface area (Å²) < 4.78 is 0. The molecule has 126 valence electrons. The van der Waals surface area contributed by atoms with Crippen LogP contribution in [0.5, 0.6) is 0 Å². The molecule has 0 heterocycles. The van der Waals surface area contributed by atoms with E-state index in [1.807, 2.05) is 6.08 Å². The van der Waals surface area contributed by atoms with Gasteiger partial charge in [0.05, 0.1) is 6.42 Å². The van der Waals surface area contributed by atoms with Crippen molar-refractivity contribution in [1.29, 1.82) is 0 Å². The van der Waals surface area contributed by atoms with Gasteiger partial charge in [-0.25, -0.2) is 0 Å². The van der Waals surface area contributed by atoms with Crippen LogP contribution >= 0.6 is 0 Å². The number of hydrogen-bond donors (Lipinski definition) is 1. The molecule has 0 atom stereocenters. The fourth-order valence-corrected chi connectivity index (χ4v) is 2.25. The van der Waals surface area contributed by atoms with Gasteiger partial charge in [-0.05, 0) is 44.9 Å². The average Bonchev–Trinajstić information content (AvgIpc) is 2.50. The second kappa shape index (κ2) is 17.7. The first-order chi connectivity index (χ1) is 10.8. The molecule has 0 radical (unpaired) electrons. The van der Waals surface area contributed by atoms with Gasteiger partial charge in [0, 0.05) is 0 Å². The lowest BCUT2D eigenvalue weighted by molar-refractivity contribution is -0.136. The summed E-state index contributed by atoms with van der Waals surface area (Å²) >= 11 is 0. The molecule has 0 saturated carbocycles. The van der Waals surface area contributed by atoms with E-state index in [2.05, 4.69) is 31.2 Å². The molecular weight excluding hydrogens is 272 g/mol. The largest absolute Gasteiger partial charge is 0.481 e. The van der Waals surface area contributed by atoms with Gasteiger partial charge in [-0.2, -0.15) is 0 Å². The quantitative estimate of drug-likeness (QED) is 0.279. The predicted molar refractivity (Wildman–Crippen MR) is 96.1 cm³/mol. The molecular formula is C20H34O2. The third-order valence-corrected chi connectivity index (χ3v) is 3.52. The van der Waals surface area contributed by atoms with Crippen molar-refractivity contribution >= 4 is 5.97 Å². The van der Waals surface area contributed by atoms with Crippen molar-refractivity contribution in [2.75, 3.05) is 0 Å². The molecule has 22 heavy (non-hydrogen) atoms. The molecule has 0 saturated heterocycles. The van der Waals surface area contributed by atoms with E-state index < -0.39 is 5.97 Å². The van der Waals surface area contributed by atoms with Crippen molar-refractivity contribution < 1.29 is 9.90 Å². The number of hydrogen-bond acceptors (Lipinski definition) is 1. The van der Waals surface area contributed by atoms with Crippen molar-refractivity contribution in [1.82, 2.24) is 0 Å². The van der Waals surface area contributed by atoms with E-state index in [4.69, 9.17) is 5.11 Å². The van der Waals surface area contributed by atoms with Crippen molar-refractivity contribution in [3.8, 4) is 0 Å². The zero-order chi connectivity index (χ0) is 16.3. The third-order valence-electron chi connectivity index (χ3n) is 3.52. The van der Waals surface area contributed by atoms with Crippen LogP contribution in [0.25, 0.3) is 0 Å². The van der Waals surface area contributed by atoms with Crippen LogP contribution in [0.4, 0.5) is 0 Å². The zero-order valence-electron chi connectivity index (χ0n) is 14.3. The summed E-state index contributed by atoms with van der Waals surface area (Å²) in [5.74, 6) is -0.747. The van der Waals surface area contributed by atoms with E-state index in [9.17, 15) is 4.79 Å². The van der Waals surface area contributed by atoms with E-state index in [0.717, 1.165) is 12.8 Å². The average molecular weight is 306 g/mol. The second-order valence-corrected chi connectivity index (χ2v) is 5.70. The maximum Gasteiger partial charge on any atom is 0.307 e. The maximum atomic E-state index is 10.3. The standard InChI is InChI=1S/C20H34O2/c1-2-3-4-5-6-7-8-9-10-11-12-13-14-15-16-17-18-19-20(21)22/h3-4,7-8,17-18H,2,5-6,9-16,19H2,1H3,(H,21,22)/b4-3+,8-7+,18-17+. The Kier molecular flexibility index (Phi) is 16.7. The van der Waals surface area contributed by atoms with Gasteiger partial charge in [0.25, 0.3) is 0 Å². The first kappa shape index (κ1) is 20.7. The molecule has 0 aromatic carbocycles. The Balaban J connectivity index is 3.17. The van der Waals surface area contributed by atoms with Crippen molar-refractivity contribution in [3.05, 3.63) is 36.5 Å². The molecule has 1 N–H and O–H groups in total. The van der Waals surface area contributed by atoms with Crippen molar-refractivity contribution in [3.63, 3.8) is 0 Å². The summed E-state index contributed by atoms with van der Waals surface area (Å²) in [6.45, 7) is 2.17. The van der Waals surface area contributed by atoms with Crippen LogP contribution in [0.2, 0.25) is 0 Å². The Hall–Kier alpha value is -1.31. The summed E-state index contributed by atoms with van der Waals surface area (Å²) in [6.07, 6.45) is 26.5. The Morgan fingerprint density at radius 3 is 1.68 bits per heavy atom. The highest BCUT2D eigenvalue weighted by atomic mass is 16.4. The van der Waals surface area contributed by atoms with Crippen LogP contribution in [-0.2, 0) is 4.79 Å². The normalized spacial score (nSPS) is 12.0. The molecule has 2 nitrogen and oxygen atoms in total. The highest BCUT2D eigenvalue weighted by Crippen LogP contribution is 2.09. The number of carbonyl (C=O) groups is 1. The first-order valence-corrected chi connectivity index (χ1v) is 8.94. The molecule has 0 aromatic rings. The molecule has 2 heteroatoms. The van der Waals surface area contributed by atoms with E-state index in [1.165, 1.54) is 57.8 Å². The maximum absolute atomic E-state index is 10.3. The Morgan fingerprint density at radius 2 is 1.14 bits per heavy atom. The third kappa shape index (κ3) is 18.7. The minimum atomic E-state index is -0.747. The van der Waals surface area contributed by atoms with Gasteiger partial charge in [0.2, 0.25) is 0 Å². The molecule has 0 aliphatic heterocycles. The van der Waals surface area contributed by atoms with Crippen LogP contribution < -0.4 is 0 Å². The topological polar surface area (TPSA) is 37.3 Å². The van der Waals surface area contributed by atoms with E-state index in [-0.39, 0.29) is 6.42 Å². The molecule has 0 rings (SSSR count). The number of unbranched alkanes of at least 4 members (excludes halogenated alkanes) is 8. The smallest absolute Gasteiger partial charge is 0.307 e. The molecule has 0 spiro atoms. The van der Waals surface area contributed by atoms with Gasteiger partial charge in [-0.15, -0.1) is 0 Å². The summed E-state index contributed by atoms with van der Waals surface area (Å²) in [7, 11) is 0. The first-order valence-electron chi connectivity index (χ1n) is 8.94. The van der Waals surface area contributed by atoms with Gasteiger partial charge in [0.1, 0.15) is 0 Å². The van der Waals surface area contributed by atoms with E-state index in [0.29, 0.717) is 0 Å². The number of allylic oxidation sites excluding steroid dienone is 5. The lowest BCUT2D eigenvalue weighted by Gasteiger charge is -1.99. The fraction of sp³-hybridized carbons (Fsp3) is 0.650. The predicted octanol–water partition coefficient (Wildman–Crippen LogP) is 6.44. The van der Waals surface area contributed by atoms with Crippen LogP contribution in [-0.4, -0.2) is 11.1 Å². The molecule has 0 fully saturated rings. The Bertz CT molecular complexity index is 327. The molecule has 0 aliphatic carbocycles. The molecule has 0 unspecified atom stereocenters. The van der Waals surface area contributed by atoms with Crippen LogP contribution in [0.15, 0.2) is 36.5 Å². The van der Waals surface area contributed by atoms with Gasteiger partial charge < -0.3 is 5.11 Å². The molecule has 0 aromatic heterocycles. The number of carboxylic acids is 1. The van der Waals surface area contributed by atoms with Gasteiger partial charge in [0.15, 0.2) is 0 Å². The van der Waals surface area contributed by atoms with Gasteiger partial charge in [-0.3, -0.25) is 4.79 Å². The summed E-state index contributed by atoms with van der Waals surface area (Å²) in [4.78, 5) is 10.3. The number of rotatable bonds is 15.